The van der Waals surface area contributed by atoms with Crippen molar-refractivity contribution in [2.75, 3.05) is 0 Å². The van der Waals surface area contributed by atoms with Crippen LogP contribution < -0.4 is 0 Å². The molecule has 1 N–H and O–H groups in total. The molecule has 1 nitrogen and oxygen atoms in total. The predicted molar refractivity (Wildman–Crippen MR) is 57.9 cm³/mol. The van der Waals surface area contributed by atoms with Crippen LogP contribution in [-0.4, -0.2) is 5.11 Å². The minimum Gasteiger partial charge on any atom is -0.506 e. The number of halogens is 1. The second-order valence-electron chi connectivity index (χ2n) is 2.89. The third-order valence-corrected chi connectivity index (χ3v) is 3.58. The van der Waals surface area contributed by atoms with Crippen molar-refractivity contribution >= 4 is 33.0 Å². The molecule has 68 valence electrons. The molecule has 1 heterocycles. The fraction of sp³-hybridized carbons (Fsp3) is 0.200. The van der Waals surface area contributed by atoms with Gasteiger partial charge in [-0.2, -0.15) is 0 Å². The number of hydrogen-bond donors (Lipinski definition) is 1. The van der Waals surface area contributed by atoms with Crippen molar-refractivity contribution in [1.82, 2.24) is 0 Å². The number of rotatable bonds is 1. The largest absolute Gasteiger partial charge is 0.506 e. The van der Waals surface area contributed by atoms with Gasteiger partial charge in [-0.05, 0) is 12.0 Å². The summed E-state index contributed by atoms with van der Waals surface area (Å²) in [6, 6.07) is 3.89. The zero-order valence-electron chi connectivity index (χ0n) is 7.17. The Morgan fingerprint density at radius 2 is 2.23 bits per heavy atom. The Morgan fingerprint density at radius 3 is 2.92 bits per heavy atom. The molecule has 2 rings (SSSR count). The van der Waals surface area contributed by atoms with E-state index in [1.807, 2.05) is 24.4 Å². The lowest BCUT2D eigenvalue weighted by Gasteiger charge is -2.01. The van der Waals surface area contributed by atoms with E-state index >= 15 is 0 Å². The van der Waals surface area contributed by atoms with Gasteiger partial charge in [0.05, 0.1) is 9.72 Å². The van der Waals surface area contributed by atoms with Gasteiger partial charge in [0.1, 0.15) is 5.75 Å². The zero-order valence-corrected chi connectivity index (χ0v) is 8.75. The van der Waals surface area contributed by atoms with Crippen LogP contribution in [0.5, 0.6) is 5.75 Å². The van der Waals surface area contributed by atoms with Crippen LogP contribution in [0.1, 0.15) is 12.5 Å². The van der Waals surface area contributed by atoms with Crippen molar-refractivity contribution in [2.45, 2.75) is 13.3 Å². The van der Waals surface area contributed by atoms with Crippen molar-refractivity contribution < 1.29 is 5.11 Å². The molecule has 0 spiro atoms. The van der Waals surface area contributed by atoms with Crippen LogP contribution in [0.4, 0.5) is 0 Å². The highest BCUT2D eigenvalue weighted by Crippen LogP contribution is 2.37. The molecule has 1 aromatic carbocycles. The molecule has 0 atom stereocenters. The van der Waals surface area contributed by atoms with E-state index in [2.05, 4.69) is 0 Å². The van der Waals surface area contributed by atoms with Gasteiger partial charge >= 0.3 is 0 Å². The fourth-order valence-corrected chi connectivity index (χ4v) is 2.62. The van der Waals surface area contributed by atoms with Gasteiger partial charge in [-0.25, -0.2) is 0 Å². The molecular formula is C10H9ClOS. The van der Waals surface area contributed by atoms with Gasteiger partial charge in [-0.1, -0.05) is 30.7 Å². The number of aryl methyl sites for hydroxylation is 1. The Kier molecular flexibility index (Phi) is 2.18. The molecule has 0 unspecified atom stereocenters. The number of hydrogen-bond acceptors (Lipinski definition) is 2. The summed E-state index contributed by atoms with van der Waals surface area (Å²) in [6.07, 6.45) is 0.845. The molecule has 0 aliphatic heterocycles. The Labute approximate surface area is 85.6 Å². The van der Waals surface area contributed by atoms with E-state index in [9.17, 15) is 5.11 Å². The van der Waals surface area contributed by atoms with Crippen molar-refractivity contribution in [3.05, 3.63) is 28.1 Å². The maximum atomic E-state index is 9.81. The van der Waals surface area contributed by atoms with Crippen LogP contribution in [0.25, 0.3) is 10.1 Å². The van der Waals surface area contributed by atoms with E-state index in [0.717, 1.165) is 27.1 Å². The van der Waals surface area contributed by atoms with Crippen LogP contribution in [-0.2, 0) is 6.42 Å². The molecule has 0 aliphatic rings. The first-order valence-corrected chi connectivity index (χ1v) is 5.37. The van der Waals surface area contributed by atoms with Gasteiger partial charge in [0.25, 0.3) is 0 Å². The first kappa shape index (κ1) is 8.85. The van der Waals surface area contributed by atoms with Gasteiger partial charge in [-0.3, -0.25) is 0 Å². The van der Waals surface area contributed by atoms with E-state index in [1.165, 1.54) is 11.3 Å². The number of benzene rings is 1. The van der Waals surface area contributed by atoms with E-state index < -0.39 is 0 Å². The number of fused-ring (bicyclic) bond motifs is 1. The lowest BCUT2D eigenvalue weighted by Crippen LogP contribution is -1.80. The van der Waals surface area contributed by atoms with Gasteiger partial charge in [0, 0.05) is 10.8 Å². The molecule has 0 amide bonds. The van der Waals surface area contributed by atoms with Gasteiger partial charge in [-0.15, -0.1) is 11.3 Å². The summed E-state index contributed by atoms with van der Waals surface area (Å²) in [4.78, 5) is 0. The Bertz CT molecular complexity index is 447. The summed E-state index contributed by atoms with van der Waals surface area (Å²) in [5.41, 5.74) is 0.978. The fourth-order valence-electron chi connectivity index (χ4n) is 1.38. The van der Waals surface area contributed by atoms with Crippen LogP contribution in [0.15, 0.2) is 17.5 Å². The third-order valence-electron chi connectivity index (χ3n) is 2.13. The lowest BCUT2D eigenvalue weighted by molar-refractivity contribution is 0.476. The summed E-state index contributed by atoms with van der Waals surface area (Å²) in [7, 11) is 0. The van der Waals surface area contributed by atoms with Crippen molar-refractivity contribution in [2.24, 2.45) is 0 Å². The van der Waals surface area contributed by atoms with Crippen LogP contribution >= 0.6 is 22.9 Å². The smallest absolute Gasteiger partial charge is 0.136 e. The second kappa shape index (κ2) is 3.20. The number of phenolic OH excluding ortho intramolecular Hbond substituents is 1. The van der Waals surface area contributed by atoms with Crippen LogP contribution in [0.2, 0.25) is 5.02 Å². The summed E-state index contributed by atoms with van der Waals surface area (Å²) in [5, 5.41) is 13.3. The van der Waals surface area contributed by atoms with Crippen molar-refractivity contribution in [3.63, 3.8) is 0 Å². The molecule has 0 bridgehead atoms. The number of thiophene rings is 1. The van der Waals surface area contributed by atoms with E-state index in [-0.39, 0.29) is 0 Å². The average Bonchev–Trinajstić information content (AvgIpc) is 2.50. The SMILES string of the molecule is CCc1ccc2c(Cl)csc2c1O. The predicted octanol–water partition coefficient (Wildman–Crippen LogP) is 3.82. The van der Waals surface area contributed by atoms with Gasteiger partial charge in [0.15, 0.2) is 0 Å². The van der Waals surface area contributed by atoms with E-state index in [1.54, 1.807) is 0 Å². The third kappa shape index (κ3) is 1.30. The Hall–Kier alpha value is -0.730. The lowest BCUT2D eigenvalue weighted by atomic mass is 10.1. The number of phenols is 1. The molecule has 0 fully saturated rings. The summed E-state index contributed by atoms with van der Waals surface area (Å²) in [5.74, 6) is 0.386. The molecule has 0 saturated carbocycles. The standard InChI is InChI=1S/C10H9ClOS/c1-2-6-3-4-7-8(11)5-13-10(7)9(6)12/h3-5,12H,2H2,1H3. The second-order valence-corrected chi connectivity index (χ2v) is 4.17. The Balaban J connectivity index is 2.80. The molecule has 13 heavy (non-hydrogen) atoms. The summed E-state index contributed by atoms with van der Waals surface area (Å²) >= 11 is 7.43. The highest BCUT2D eigenvalue weighted by atomic mass is 35.5. The first-order valence-electron chi connectivity index (χ1n) is 4.11. The monoisotopic (exact) mass is 212 g/mol. The highest BCUT2D eigenvalue weighted by molar-refractivity contribution is 7.18. The average molecular weight is 213 g/mol. The maximum Gasteiger partial charge on any atom is 0.136 e. The van der Waals surface area contributed by atoms with E-state index in [4.69, 9.17) is 11.6 Å². The summed E-state index contributed by atoms with van der Waals surface area (Å²) < 4.78 is 0.893. The van der Waals surface area contributed by atoms with E-state index in [0.29, 0.717) is 5.75 Å². The van der Waals surface area contributed by atoms with Gasteiger partial charge in [0.2, 0.25) is 0 Å². The Morgan fingerprint density at radius 1 is 1.46 bits per heavy atom. The molecular weight excluding hydrogens is 204 g/mol. The highest BCUT2D eigenvalue weighted by Gasteiger charge is 2.08. The molecule has 2 aromatic rings. The molecule has 3 heteroatoms. The topological polar surface area (TPSA) is 20.2 Å². The minimum absolute atomic E-state index is 0.386. The zero-order chi connectivity index (χ0) is 9.42. The first-order chi connectivity index (χ1) is 6.24. The molecule has 1 aromatic heterocycles. The minimum atomic E-state index is 0.386. The van der Waals surface area contributed by atoms with Crippen LogP contribution in [0.3, 0.4) is 0 Å². The number of aromatic hydroxyl groups is 1. The summed E-state index contributed by atoms with van der Waals surface area (Å²) in [6.45, 7) is 2.02. The van der Waals surface area contributed by atoms with Crippen LogP contribution in [0, 0.1) is 0 Å². The molecule has 0 radical (unpaired) electrons. The van der Waals surface area contributed by atoms with Crippen molar-refractivity contribution in [1.29, 1.82) is 0 Å². The molecule has 0 aliphatic carbocycles. The normalized spacial score (nSPS) is 10.9. The maximum absolute atomic E-state index is 9.81. The van der Waals surface area contributed by atoms with Crippen molar-refractivity contribution in [3.8, 4) is 5.75 Å². The molecule has 0 saturated heterocycles. The van der Waals surface area contributed by atoms with Gasteiger partial charge < -0.3 is 5.11 Å². The quantitative estimate of drug-likeness (QED) is 0.762.